The fourth-order valence-corrected chi connectivity index (χ4v) is 1.50. The SMILES string of the molecule is CCOc1ccc(Nc2ccnc(Cl)n2)cc1. The average molecular weight is 250 g/mol. The Bertz CT molecular complexity index is 487. The van der Waals surface area contributed by atoms with Gasteiger partial charge in [0.2, 0.25) is 5.28 Å². The second kappa shape index (κ2) is 5.50. The molecule has 1 aromatic heterocycles. The number of benzene rings is 1. The lowest BCUT2D eigenvalue weighted by molar-refractivity contribution is 0.340. The molecule has 4 nitrogen and oxygen atoms in total. The number of ether oxygens (including phenoxy) is 1. The van der Waals surface area contributed by atoms with Crippen LogP contribution in [-0.2, 0) is 0 Å². The van der Waals surface area contributed by atoms with Gasteiger partial charge in [0.1, 0.15) is 11.6 Å². The van der Waals surface area contributed by atoms with Crippen LogP contribution in [0.3, 0.4) is 0 Å². The summed E-state index contributed by atoms with van der Waals surface area (Å²) in [7, 11) is 0. The van der Waals surface area contributed by atoms with Crippen LogP contribution in [0.15, 0.2) is 36.5 Å². The molecular formula is C12H12ClN3O. The first-order valence-electron chi connectivity index (χ1n) is 5.26. The Morgan fingerprint density at radius 3 is 2.65 bits per heavy atom. The summed E-state index contributed by atoms with van der Waals surface area (Å²) >= 11 is 5.70. The van der Waals surface area contributed by atoms with E-state index in [0.717, 1.165) is 11.4 Å². The third-order valence-electron chi connectivity index (χ3n) is 2.06. The minimum Gasteiger partial charge on any atom is -0.494 e. The van der Waals surface area contributed by atoms with Crippen LogP contribution in [0, 0.1) is 0 Å². The molecule has 0 aliphatic heterocycles. The molecule has 0 unspecified atom stereocenters. The molecule has 2 rings (SSSR count). The molecule has 1 N–H and O–H groups in total. The Morgan fingerprint density at radius 2 is 2.00 bits per heavy atom. The van der Waals surface area contributed by atoms with E-state index in [-0.39, 0.29) is 5.28 Å². The highest BCUT2D eigenvalue weighted by molar-refractivity contribution is 6.28. The lowest BCUT2D eigenvalue weighted by atomic mass is 10.3. The maximum atomic E-state index is 5.70. The van der Waals surface area contributed by atoms with Gasteiger partial charge < -0.3 is 10.1 Å². The molecule has 0 fully saturated rings. The Balaban J connectivity index is 2.08. The summed E-state index contributed by atoms with van der Waals surface area (Å²) in [4.78, 5) is 7.85. The molecule has 17 heavy (non-hydrogen) atoms. The van der Waals surface area contributed by atoms with Crippen LogP contribution in [0.4, 0.5) is 11.5 Å². The number of nitrogens with one attached hydrogen (secondary N) is 1. The maximum Gasteiger partial charge on any atom is 0.224 e. The van der Waals surface area contributed by atoms with Crippen LogP contribution in [0.1, 0.15) is 6.92 Å². The van der Waals surface area contributed by atoms with E-state index >= 15 is 0 Å². The van der Waals surface area contributed by atoms with Gasteiger partial charge in [-0.3, -0.25) is 0 Å². The smallest absolute Gasteiger partial charge is 0.224 e. The van der Waals surface area contributed by atoms with Gasteiger partial charge in [-0.15, -0.1) is 0 Å². The lowest BCUT2D eigenvalue weighted by Gasteiger charge is -2.07. The predicted octanol–water partition coefficient (Wildman–Crippen LogP) is 3.27. The monoisotopic (exact) mass is 249 g/mol. The molecule has 0 amide bonds. The van der Waals surface area contributed by atoms with Crippen LogP contribution in [0.25, 0.3) is 0 Å². The van der Waals surface area contributed by atoms with Gasteiger partial charge in [-0.05, 0) is 48.9 Å². The number of hydrogen-bond donors (Lipinski definition) is 1. The predicted molar refractivity (Wildman–Crippen MR) is 67.9 cm³/mol. The Morgan fingerprint density at radius 1 is 1.24 bits per heavy atom. The highest BCUT2D eigenvalue weighted by Gasteiger charge is 1.98. The summed E-state index contributed by atoms with van der Waals surface area (Å²) in [6, 6.07) is 9.38. The van der Waals surface area contributed by atoms with Gasteiger partial charge in [0.05, 0.1) is 6.61 Å². The van der Waals surface area contributed by atoms with Crippen molar-refractivity contribution in [2.24, 2.45) is 0 Å². The quantitative estimate of drug-likeness (QED) is 0.845. The van der Waals surface area contributed by atoms with Gasteiger partial charge in [0.15, 0.2) is 0 Å². The normalized spacial score (nSPS) is 10.0. The van der Waals surface area contributed by atoms with Crippen LogP contribution >= 0.6 is 11.6 Å². The summed E-state index contributed by atoms with van der Waals surface area (Å²) in [6.45, 7) is 2.61. The molecule has 2 aromatic rings. The van der Waals surface area contributed by atoms with E-state index in [1.165, 1.54) is 0 Å². The first-order valence-corrected chi connectivity index (χ1v) is 5.64. The van der Waals surface area contributed by atoms with E-state index < -0.39 is 0 Å². The molecule has 0 bridgehead atoms. The largest absolute Gasteiger partial charge is 0.494 e. The van der Waals surface area contributed by atoms with Crippen molar-refractivity contribution >= 4 is 23.1 Å². The zero-order chi connectivity index (χ0) is 12.1. The van der Waals surface area contributed by atoms with Crippen LogP contribution in [0.5, 0.6) is 5.75 Å². The zero-order valence-corrected chi connectivity index (χ0v) is 10.1. The van der Waals surface area contributed by atoms with E-state index in [4.69, 9.17) is 16.3 Å². The fraction of sp³-hybridized carbons (Fsp3) is 0.167. The van der Waals surface area contributed by atoms with Gasteiger partial charge in [0, 0.05) is 11.9 Å². The summed E-state index contributed by atoms with van der Waals surface area (Å²) < 4.78 is 5.36. The Labute approximate surface area is 105 Å². The number of rotatable bonds is 4. The second-order valence-electron chi connectivity index (χ2n) is 3.29. The zero-order valence-electron chi connectivity index (χ0n) is 9.35. The fourth-order valence-electron chi connectivity index (χ4n) is 1.35. The van der Waals surface area contributed by atoms with Gasteiger partial charge in [-0.2, -0.15) is 0 Å². The number of hydrogen-bond acceptors (Lipinski definition) is 4. The van der Waals surface area contributed by atoms with Crippen molar-refractivity contribution in [1.82, 2.24) is 9.97 Å². The Hall–Kier alpha value is -1.81. The highest BCUT2D eigenvalue weighted by Crippen LogP contribution is 2.19. The topological polar surface area (TPSA) is 47.0 Å². The third-order valence-corrected chi connectivity index (χ3v) is 2.25. The van der Waals surface area contributed by atoms with Crippen molar-refractivity contribution in [3.63, 3.8) is 0 Å². The standard InChI is InChI=1S/C12H12ClN3O/c1-2-17-10-5-3-9(4-6-10)15-11-7-8-14-12(13)16-11/h3-8H,2H2,1H3,(H,14,15,16). The van der Waals surface area contributed by atoms with Gasteiger partial charge in [-0.25, -0.2) is 9.97 Å². The van der Waals surface area contributed by atoms with E-state index in [1.807, 2.05) is 31.2 Å². The molecule has 0 saturated carbocycles. The number of nitrogens with zero attached hydrogens (tertiary/aromatic N) is 2. The van der Waals surface area contributed by atoms with E-state index in [0.29, 0.717) is 12.4 Å². The maximum absolute atomic E-state index is 5.70. The van der Waals surface area contributed by atoms with Crippen molar-refractivity contribution in [2.75, 3.05) is 11.9 Å². The van der Waals surface area contributed by atoms with E-state index in [9.17, 15) is 0 Å². The molecule has 1 heterocycles. The minimum absolute atomic E-state index is 0.223. The van der Waals surface area contributed by atoms with Gasteiger partial charge in [0.25, 0.3) is 0 Å². The molecule has 0 saturated heterocycles. The van der Waals surface area contributed by atoms with Crippen molar-refractivity contribution in [3.8, 4) is 5.75 Å². The molecule has 5 heteroatoms. The summed E-state index contributed by atoms with van der Waals surface area (Å²) in [5.74, 6) is 1.51. The van der Waals surface area contributed by atoms with Gasteiger partial charge in [-0.1, -0.05) is 0 Å². The van der Waals surface area contributed by atoms with Crippen LogP contribution in [0.2, 0.25) is 5.28 Å². The van der Waals surface area contributed by atoms with E-state index in [1.54, 1.807) is 12.3 Å². The average Bonchev–Trinajstić information content (AvgIpc) is 2.32. The molecule has 0 aliphatic rings. The molecule has 0 spiro atoms. The molecule has 1 aromatic carbocycles. The minimum atomic E-state index is 0.223. The Kier molecular flexibility index (Phi) is 3.77. The summed E-state index contributed by atoms with van der Waals surface area (Å²) in [6.07, 6.45) is 1.60. The summed E-state index contributed by atoms with van der Waals surface area (Å²) in [5.41, 5.74) is 0.920. The second-order valence-corrected chi connectivity index (χ2v) is 3.63. The van der Waals surface area contributed by atoms with Crippen molar-refractivity contribution < 1.29 is 4.74 Å². The van der Waals surface area contributed by atoms with Crippen LogP contribution < -0.4 is 10.1 Å². The van der Waals surface area contributed by atoms with Crippen LogP contribution in [-0.4, -0.2) is 16.6 Å². The summed E-state index contributed by atoms with van der Waals surface area (Å²) in [5, 5.41) is 3.35. The first-order chi connectivity index (χ1) is 8.28. The number of halogens is 1. The first kappa shape index (κ1) is 11.7. The molecule has 0 aliphatic carbocycles. The van der Waals surface area contributed by atoms with E-state index in [2.05, 4.69) is 15.3 Å². The number of anilines is 2. The lowest BCUT2D eigenvalue weighted by Crippen LogP contribution is -1.95. The van der Waals surface area contributed by atoms with Crippen molar-refractivity contribution in [3.05, 3.63) is 41.8 Å². The van der Waals surface area contributed by atoms with Gasteiger partial charge >= 0.3 is 0 Å². The molecule has 0 atom stereocenters. The number of aromatic nitrogens is 2. The molecule has 0 radical (unpaired) electrons. The van der Waals surface area contributed by atoms with Crippen molar-refractivity contribution in [2.45, 2.75) is 6.92 Å². The molecular weight excluding hydrogens is 238 g/mol. The molecule has 88 valence electrons. The third kappa shape index (κ3) is 3.32. The van der Waals surface area contributed by atoms with Crippen molar-refractivity contribution in [1.29, 1.82) is 0 Å². The highest BCUT2D eigenvalue weighted by atomic mass is 35.5.